The minimum Gasteiger partial charge on any atom is -0.310 e. The Morgan fingerprint density at radius 2 is 0.761 bits per heavy atom. The summed E-state index contributed by atoms with van der Waals surface area (Å²) in [5.74, 6) is 0.663. The minimum absolute atomic E-state index is 0.0248. The van der Waals surface area contributed by atoms with Gasteiger partial charge in [0.2, 0.25) is 0 Å². The van der Waals surface area contributed by atoms with Crippen LogP contribution < -0.4 is 16.4 Å². The molecule has 0 aliphatic carbocycles. The van der Waals surface area contributed by atoms with Crippen LogP contribution in [-0.4, -0.2) is 30.8 Å². The summed E-state index contributed by atoms with van der Waals surface area (Å²) in [4.78, 5) is 13.8. The molecule has 10 aromatic rings. The second-order valence-electron chi connectivity index (χ2n) is 23.5. The molecule has 0 radical (unpaired) electrons. The molecule has 12 rings (SSSR count). The Kier molecular flexibility index (Phi) is 8.63. The fraction of sp³-hybridized carbons (Fsp3) is 0.262. The van der Waals surface area contributed by atoms with Crippen molar-refractivity contribution < 1.29 is 0 Å². The van der Waals surface area contributed by atoms with Gasteiger partial charge in [0.05, 0.1) is 11.0 Å². The maximum absolute atomic E-state index is 4.77. The molecule has 0 bridgehead atoms. The van der Waals surface area contributed by atoms with Gasteiger partial charge in [-0.15, -0.1) is 0 Å². The standard InChI is InChI=1S/C61H58BN5/c1-58(2,3)40-17-13-35(14-18-40)37-25-46-44-31-42(60(7,8)9)21-23-50(44)66-52-29-39(57-64-33-63-34-65-57)30-53-54(52)62(48(27-37)55(46)66)49-28-38(36-15-19-41(20-16-36)59(4,5)6)26-47-45-32-43(61(10,11)12)22-24-51(45)67(53)56(47)49/h13-34H,1-12H3. The highest BCUT2D eigenvalue weighted by Gasteiger charge is 2.42. The topological polar surface area (TPSA) is 48.5 Å². The summed E-state index contributed by atoms with van der Waals surface area (Å²) in [7, 11) is 0. The largest absolute Gasteiger partial charge is 0.310 e. The van der Waals surface area contributed by atoms with Gasteiger partial charge in [0, 0.05) is 49.5 Å². The summed E-state index contributed by atoms with van der Waals surface area (Å²) < 4.78 is 5.14. The van der Waals surface area contributed by atoms with Gasteiger partial charge in [-0.1, -0.05) is 156 Å². The average Bonchev–Trinajstić information content (AvgIpc) is 3.81. The van der Waals surface area contributed by atoms with Gasteiger partial charge in [-0.2, -0.15) is 0 Å². The van der Waals surface area contributed by atoms with Crippen LogP contribution in [0.4, 0.5) is 0 Å². The molecule has 2 aliphatic heterocycles. The molecule has 2 aliphatic rings. The molecule has 67 heavy (non-hydrogen) atoms. The molecule has 0 fully saturated rings. The summed E-state index contributed by atoms with van der Waals surface area (Å²) in [6.07, 6.45) is 3.22. The molecule has 0 N–H and O–H groups in total. The van der Waals surface area contributed by atoms with Gasteiger partial charge in [-0.3, -0.25) is 0 Å². The Bertz CT molecular complexity index is 3470. The predicted octanol–water partition coefficient (Wildman–Crippen LogP) is 13.4. The number of hydrogen-bond acceptors (Lipinski definition) is 3. The maximum atomic E-state index is 4.77. The first-order valence-corrected chi connectivity index (χ1v) is 24.0. The molecule has 5 nitrogen and oxygen atoms in total. The second-order valence-corrected chi connectivity index (χ2v) is 23.5. The van der Waals surface area contributed by atoms with Crippen molar-refractivity contribution in [3.8, 4) is 45.0 Å². The number of hydrogen-bond donors (Lipinski definition) is 0. The first kappa shape index (κ1) is 41.6. The van der Waals surface area contributed by atoms with E-state index in [0.717, 1.165) is 5.56 Å². The van der Waals surface area contributed by atoms with Crippen LogP contribution in [0, 0.1) is 0 Å². The molecule has 0 saturated carbocycles. The van der Waals surface area contributed by atoms with Gasteiger partial charge < -0.3 is 9.13 Å². The lowest BCUT2D eigenvalue weighted by atomic mass is 9.34. The average molecular weight is 872 g/mol. The molecule has 0 atom stereocenters. The van der Waals surface area contributed by atoms with E-state index in [9.17, 15) is 0 Å². The van der Waals surface area contributed by atoms with Crippen molar-refractivity contribution in [1.29, 1.82) is 0 Å². The molecular weight excluding hydrogens is 814 g/mol. The third kappa shape index (κ3) is 6.31. The maximum Gasteiger partial charge on any atom is 0.252 e. The smallest absolute Gasteiger partial charge is 0.252 e. The SMILES string of the molecule is CC(C)(C)c1ccc(-c2cc3c4c(c2)c2cc(C(C)(C)C)ccc2n4-c2cc(-c4ncncn4)cc4c2B3c2cc(-c3ccc(C(C)(C)C)cc3)cc3c5cc(C(C)(C)C)ccc5n-4c23)cc1. The van der Waals surface area contributed by atoms with Gasteiger partial charge in [0.15, 0.2) is 5.82 Å². The molecule has 3 aromatic heterocycles. The normalized spacial score (nSPS) is 13.6. The molecule has 330 valence electrons. The monoisotopic (exact) mass is 871 g/mol. The highest BCUT2D eigenvalue weighted by Crippen LogP contribution is 2.44. The summed E-state index contributed by atoms with van der Waals surface area (Å²) in [6.45, 7) is 27.6. The first-order valence-electron chi connectivity index (χ1n) is 24.0. The Morgan fingerprint density at radius 3 is 1.15 bits per heavy atom. The third-order valence-electron chi connectivity index (χ3n) is 15.0. The zero-order valence-corrected chi connectivity index (χ0v) is 41.0. The highest BCUT2D eigenvalue weighted by molar-refractivity contribution is 7.00. The van der Waals surface area contributed by atoms with E-state index >= 15 is 0 Å². The lowest BCUT2D eigenvalue weighted by molar-refractivity contribution is 0.590. The quantitative estimate of drug-likeness (QED) is 0.166. The minimum atomic E-state index is -0.0668. The first-order chi connectivity index (χ1) is 31.7. The Morgan fingerprint density at radius 1 is 0.373 bits per heavy atom. The molecule has 0 amide bonds. The highest BCUT2D eigenvalue weighted by atomic mass is 15.0. The van der Waals surface area contributed by atoms with Crippen molar-refractivity contribution in [2.75, 3.05) is 0 Å². The van der Waals surface area contributed by atoms with Crippen molar-refractivity contribution in [3.63, 3.8) is 0 Å². The summed E-state index contributed by atoms with van der Waals surface area (Å²) in [6, 6.07) is 47.7. The van der Waals surface area contributed by atoms with Gasteiger partial charge in [-0.05, 0) is 131 Å². The number of benzene rings is 7. The summed E-state index contributed by atoms with van der Waals surface area (Å²) >= 11 is 0. The molecule has 6 heteroatoms. The van der Waals surface area contributed by atoms with E-state index in [0.29, 0.717) is 5.82 Å². The van der Waals surface area contributed by atoms with Crippen molar-refractivity contribution >= 4 is 66.7 Å². The van der Waals surface area contributed by atoms with Crippen LogP contribution in [0.3, 0.4) is 0 Å². The van der Waals surface area contributed by atoms with Gasteiger partial charge in [0.1, 0.15) is 12.7 Å². The van der Waals surface area contributed by atoms with Crippen LogP contribution in [-0.2, 0) is 21.7 Å². The van der Waals surface area contributed by atoms with E-state index in [4.69, 9.17) is 9.97 Å². The molecule has 0 spiro atoms. The molecule has 0 saturated heterocycles. The van der Waals surface area contributed by atoms with Crippen LogP contribution in [0.15, 0.2) is 134 Å². The van der Waals surface area contributed by atoms with E-state index in [1.165, 1.54) is 116 Å². The fourth-order valence-corrected chi connectivity index (χ4v) is 11.2. The van der Waals surface area contributed by atoms with Crippen LogP contribution in [0.25, 0.3) is 88.6 Å². The van der Waals surface area contributed by atoms with E-state index in [1.807, 2.05) is 0 Å². The van der Waals surface area contributed by atoms with Crippen LogP contribution in [0.5, 0.6) is 0 Å². The van der Waals surface area contributed by atoms with Crippen LogP contribution in [0.2, 0.25) is 0 Å². The summed E-state index contributed by atoms with van der Waals surface area (Å²) in [5.41, 5.74) is 22.5. The molecule has 7 aromatic carbocycles. The van der Waals surface area contributed by atoms with E-state index in [1.54, 1.807) is 12.7 Å². The lowest BCUT2D eigenvalue weighted by Gasteiger charge is -2.34. The van der Waals surface area contributed by atoms with E-state index < -0.39 is 0 Å². The van der Waals surface area contributed by atoms with Crippen molar-refractivity contribution in [3.05, 3.63) is 156 Å². The van der Waals surface area contributed by atoms with Crippen molar-refractivity contribution in [2.45, 2.75) is 105 Å². The van der Waals surface area contributed by atoms with E-state index in [-0.39, 0.29) is 28.4 Å². The van der Waals surface area contributed by atoms with Crippen LogP contribution in [0.1, 0.15) is 105 Å². The third-order valence-corrected chi connectivity index (χ3v) is 15.0. The zero-order valence-electron chi connectivity index (χ0n) is 41.0. The Balaban J connectivity index is 1.26. The Hall–Kier alpha value is -6.79. The number of nitrogens with zero attached hydrogens (tertiary/aromatic N) is 5. The van der Waals surface area contributed by atoms with Crippen molar-refractivity contribution in [1.82, 2.24) is 24.1 Å². The number of aromatic nitrogens is 5. The van der Waals surface area contributed by atoms with E-state index in [2.05, 4.69) is 219 Å². The fourth-order valence-electron chi connectivity index (χ4n) is 11.2. The number of rotatable bonds is 3. The Labute approximate surface area is 395 Å². The van der Waals surface area contributed by atoms with Crippen LogP contribution >= 0.6 is 0 Å². The number of fused-ring (bicyclic) bond motifs is 10. The molecular formula is C61H58BN5. The lowest BCUT2D eigenvalue weighted by Crippen LogP contribution is -2.59. The zero-order chi connectivity index (χ0) is 46.7. The molecule has 5 heterocycles. The predicted molar refractivity (Wildman–Crippen MR) is 284 cm³/mol. The molecule has 0 unspecified atom stereocenters. The van der Waals surface area contributed by atoms with Gasteiger partial charge in [-0.25, -0.2) is 15.0 Å². The second kappa shape index (κ2) is 13.9. The van der Waals surface area contributed by atoms with Gasteiger partial charge >= 0.3 is 0 Å². The van der Waals surface area contributed by atoms with Crippen molar-refractivity contribution in [2.24, 2.45) is 0 Å². The van der Waals surface area contributed by atoms with Gasteiger partial charge in [0.25, 0.3) is 6.71 Å². The summed E-state index contributed by atoms with van der Waals surface area (Å²) in [5, 5.41) is 5.09.